The van der Waals surface area contributed by atoms with E-state index in [0.29, 0.717) is 5.16 Å². The van der Waals surface area contributed by atoms with Crippen LogP contribution in [0.5, 0.6) is 0 Å². The van der Waals surface area contributed by atoms with E-state index in [2.05, 4.69) is 32.9 Å². The van der Waals surface area contributed by atoms with Crippen LogP contribution >= 0.6 is 23.1 Å². The predicted octanol–water partition coefficient (Wildman–Crippen LogP) is 3.09. The molecule has 2 N–H and O–H groups in total. The molecule has 0 aliphatic rings. The number of aromatic nitrogens is 4. The van der Waals surface area contributed by atoms with Crippen LogP contribution < -0.4 is 5.73 Å². The van der Waals surface area contributed by atoms with Gasteiger partial charge in [-0.15, -0.1) is 11.3 Å². The standard InChI is InChI=1S/C13H13N5S2/c1-3-8-6-9-10(19-8)17-12(14)18-11(9)20-13-15-5-4-7(2)16-13/h4-6H,3H2,1-2H3,(H2,14,17,18). The maximum Gasteiger partial charge on any atom is 0.222 e. The van der Waals surface area contributed by atoms with Gasteiger partial charge in [-0.3, -0.25) is 0 Å². The third kappa shape index (κ3) is 2.59. The fourth-order valence-electron chi connectivity index (χ4n) is 1.77. The summed E-state index contributed by atoms with van der Waals surface area (Å²) in [7, 11) is 0. The quantitative estimate of drug-likeness (QED) is 0.592. The predicted molar refractivity (Wildman–Crippen MR) is 82.1 cm³/mol. The summed E-state index contributed by atoms with van der Waals surface area (Å²) in [6.45, 7) is 4.06. The highest BCUT2D eigenvalue weighted by Gasteiger charge is 2.12. The number of hydrogen-bond acceptors (Lipinski definition) is 7. The number of aryl methyl sites for hydroxylation is 2. The highest BCUT2D eigenvalue weighted by atomic mass is 32.2. The van der Waals surface area contributed by atoms with Crippen LogP contribution in [-0.4, -0.2) is 19.9 Å². The first-order chi connectivity index (χ1) is 9.65. The summed E-state index contributed by atoms with van der Waals surface area (Å²) in [5.41, 5.74) is 6.72. The topological polar surface area (TPSA) is 77.6 Å². The number of anilines is 1. The molecule has 20 heavy (non-hydrogen) atoms. The summed E-state index contributed by atoms with van der Waals surface area (Å²) in [6.07, 6.45) is 2.73. The van der Waals surface area contributed by atoms with E-state index < -0.39 is 0 Å². The molecule has 0 spiro atoms. The van der Waals surface area contributed by atoms with Crippen molar-refractivity contribution in [1.29, 1.82) is 0 Å². The number of nitrogens with zero attached hydrogens (tertiary/aromatic N) is 4. The zero-order valence-electron chi connectivity index (χ0n) is 11.1. The summed E-state index contributed by atoms with van der Waals surface area (Å²) in [5.74, 6) is 0.289. The van der Waals surface area contributed by atoms with Crippen LogP contribution in [0.25, 0.3) is 10.2 Å². The molecule has 0 aliphatic heterocycles. The van der Waals surface area contributed by atoms with Crippen molar-refractivity contribution in [2.75, 3.05) is 5.73 Å². The second-order valence-corrected chi connectivity index (χ2v) is 6.33. The van der Waals surface area contributed by atoms with Gasteiger partial charge < -0.3 is 5.73 Å². The summed E-state index contributed by atoms with van der Waals surface area (Å²) in [6, 6.07) is 3.99. The lowest BCUT2D eigenvalue weighted by Crippen LogP contribution is -1.96. The molecule has 0 unspecified atom stereocenters. The van der Waals surface area contributed by atoms with E-state index in [0.717, 1.165) is 27.4 Å². The molecule has 3 heterocycles. The lowest BCUT2D eigenvalue weighted by atomic mass is 10.3. The largest absolute Gasteiger partial charge is 0.368 e. The lowest BCUT2D eigenvalue weighted by molar-refractivity contribution is 0.929. The van der Waals surface area contributed by atoms with Crippen molar-refractivity contribution < 1.29 is 0 Å². The molecular formula is C13H13N5S2. The Kier molecular flexibility index (Phi) is 3.54. The number of nitrogens with two attached hydrogens (primary N) is 1. The Hall–Kier alpha value is -1.73. The Morgan fingerprint density at radius 2 is 2.15 bits per heavy atom. The molecule has 5 nitrogen and oxygen atoms in total. The number of nitrogen functional groups attached to an aromatic ring is 1. The number of rotatable bonds is 3. The molecule has 0 bridgehead atoms. The van der Waals surface area contributed by atoms with E-state index in [4.69, 9.17) is 5.73 Å². The van der Waals surface area contributed by atoms with Crippen LogP contribution in [0.4, 0.5) is 5.95 Å². The molecule has 3 aromatic rings. The molecule has 3 aromatic heterocycles. The molecule has 0 aromatic carbocycles. The molecule has 0 saturated heterocycles. The third-order valence-corrected chi connectivity index (χ3v) is 4.79. The van der Waals surface area contributed by atoms with Crippen molar-refractivity contribution >= 4 is 39.3 Å². The van der Waals surface area contributed by atoms with Crippen molar-refractivity contribution in [3.63, 3.8) is 0 Å². The highest BCUT2D eigenvalue weighted by Crippen LogP contribution is 2.34. The molecule has 3 rings (SSSR count). The van der Waals surface area contributed by atoms with Crippen LogP contribution in [0.2, 0.25) is 0 Å². The zero-order valence-corrected chi connectivity index (χ0v) is 12.8. The van der Waals surface area contributed by atoms with E-state index >= 15 is 0 Å². The second-order valence-electron chi connectivity index (χ2n) is 4.25. The van der Waals surface area contributed by atoms with Crippen LogP contribution in [0.15, 0.2) is 28.5 Å². The summed E-state index contributed by atoms with van der Waals surface area (Å²) >= 11 is 3.08. The Bertz CT molecular complexity index is 769. The fourth-order valence-corrected chi connectivity index (χ4v) is 3.69. The minimum atomic E-state index is 0.289. The molecule has 0 saturated carbocycles. The van der Waals surface area contributed by atoms with E-state index in [1.54, 1.807) is 17.5 Å². The van der Waals surface area contributed by atoms with Gasteiger partial charge in [0.15, 0.2) is 5.16 Å². The molecule has 0 aliphatic carbocycles. The first-order valence-corrected chi connectivity index (χ1v) is 7.82. The highest BCUT2D eigenvalue weighted by molar-refractivity contribution is 7.99. The molecule has 0 fully saturated rings. The molecule has 0 amide bonds. The van der Waals surface area contributed by atoms with Gasteiger partial charge >= 0.3 is 0 Å². The summed E-state index contributed by atoms with van der Waals surface area (Å²) < 4.78 is 0. The SMILES string of the molecule is CCc1cc2c(Sc3nccc(C)n3)nc(N)nc2s1. The number of thiophene rings is 1. The van der Waals surface area contributed by atoms with Crippen molar-refractivity contribution in [2.24, 2.45) is 0 Å². The van der Waals surface area contributed by atoms with Crippen molar-refractivity contribution in [2.45, 2.75) is 30.5 Å². The Morgan fingerprint density at radius 1 is 1.30 bits per heavy atom. The molecule has 102 valence electrons. The van der Waals surface area contributed by atoms with Crippen LogP contribution in [0.3, 0.4) is 0 Å². The van der Waals surface area contributed by atoms with Gasteiger partial charge in [0.25, 0.3) is 0 Å². The summed E-state index contributed by atoms with van der Waals surface area (Å²) in [5, 5.41) is 2.51. The Labute approximate surface area is 124 Å². The Balaban J connectivity index is 2.08. The van der Waals surface area contributed by atoms with Gasteiger partial charge in [0.05, 0.1) is 0 Å². The van der Waals surface area contributed by atoms with Crippen molar-refractivity contribution in [3.05, 3.63) is 28.9 Å². The van der Waals surface area contributed by atoms with Gasteiger partial charge in [0, 0.05) is 22.2 Å². The lowest BCUT2D eigenvalue weighted by Gasteiger charge is -2.02. The van der Waals surface area contributed by atoms with Gasteiger partial charge in [0.1, 0.15) is 9.86 Å². The third-order valence-electron chi connectivity index (χ3n) is 2.74. The zero-order chi connectivity index (χ0) is 14.1. The fraction of sp³-hybridized carbons (Fsp3) is 0.231. The van der Waals surface area contributed by atoms with E-state index in [1.165, 1.54) is 16.6 Å². The van der Waals surface area contributed by atoms with Crippen molar-refractivity contribution in [3.8, 4) is 0 Å². The van der Waals surface area contributed by atoms with E-state index in [1.807, 2.05) is 13.0 Å². The number of hydrogen-bond donors (Lipinski definition) is 1. The van der Waals surface area contributed by atoms with Crippen LogP contribution in [0, 0.1) is 6.92 Å². The van der Waals surface area contributed by atoms with Crippen LogP contribution in [-0.2, 0) is 6.42 Å². The molecule has 0 radical (unpaired) electrons. The van der Waals surface area contributed by atoms with Gasteiger partial charge in [-0.05, 0) is 37.2 Å². The second kappa shape index (κ2) is 5.34. The minimum Gasteiger partial charge on any atom is -0.368 e. The van der Waals surface area contributed by atoms with Gasteiger partial charge in [-0.1, -0.05) is 6.92 Å². The van der Waals surface area contributed by atoms with Gasteiger partial charge in [-0.2, -0.15) is 0 Å². The maximum absolute atomic E-state index is 5.79. The van der Waals surface area contributed by atoms with Crippen molar-refractivity contribution in [1.82, 2.24) is 19.9 Å². The van der Waals surface area contributed by atoms with E-state index in [9.17, 15) is 0 Å². The normalized spacial score (nSPS) is 11.1. The first-order valence-electron chi connectivity index (χ1n) is 6.19. The monoisotopic (exact) mass is 303 g/mol. The average Bonchev–Trinajstić information content (AvgIpc) is 2.82. The van der Waals surface area contributed by atoms with Gasteiger partial charge in [-0.25, -0.2) is 19.9 Å². The molecule has 7 heteroatoms. The average molecular weight is 303 g/mol. The van der Waals surface area contributed by atoms with E-state index in [-0.39, 0.29) is 5.95 Å². The first kappa shape index (κ1) is 13.3. The molecular weight excluding hydrogens is 290 g/mol. The minimum absolute atomic E-state index is 0.289. The Morgan fingerprint density at radius 3 is 2.90 bits per heavy atom. The summed E-state index contributed by atoms with van der Waals surface area (Å²) in [4.78, 5) is 19.5. The van der Waals surface area contributed by atoms with Gasteiger partial charge in [0.2, 0.25) is 5.95 Å². The molecule has 0 atom stereocenters. The number of fused-ring (bicyclic) bond motifs is 1. The van der Waals surface area contributed by atoms with Crippen LogP contribution in [0.1, 0.15) is 17.5 Å². The smallest absolute Gasteiger partial charge is 0.222 e. The maximum atomic E-state index is 5.79.